The Bertz CT molecular complexity index is 446. The highest BCUT2D eigenvalue weighted by molar-refractivity contribution is 8.00. The summed E-state index contributed by atoms with van der Waals surface area (Å²) in [5, 5.41) is 2.78. The van der Waals surface area contributed by atoms with Gasteiger partial charge < -0.3 is 5.32 Å². The number of Topliss-reactive ketones (excluding diaryl/α,β-unsaturated/α-hetero) is 1. The van der Waals surface area contributed by atoms with E-state index in [2.05, 4.69) is 12.2 Å². The Morgan fingerprint density at radius 3 is 2.74 bits per heavy atom. The quantitative estimate of drug-likeness (QED) is 0.611. The van der Waals surface area contributed by atoms with Crippen LogP contribution in [0.25, 0.3) is 0 Å². The molecule has 1 rings (SSSR count). The van der Waals surface area contributed by atoms with Gasteiger partial charge in [0.1, 0.15) is 0 Å². The van der Waals surface area contributed by atoms with E-state index in [1.54, 1.807) is 36.0 Å². The minimum atomic E-state index is -0.0764. The lowest BCUT2D eigenvalue weighted by atomic mass is 10.1. The van der Waals surface area contributed by atoms with E-state index in [0.29, 0.717) is 11.3 Å². The van der Waals surface area contributed by atoms with Crippen LogP contribution in [0, 0.1) is 0 Å². The zero-order chi connectivity index (χ0) is 14.3. The summed E-state index contributed by atoms with van der Waals surface area (Å²) >= 11 is 1.66. The summed E-state index contributed by atoms with van der Waals surface area (Å²) in [7, 11) is 0. The predicted molar refractivity (Wildman–Crippen MR) is 81.9 cm³/mol. The summed E-state index contributed by atoms with van der Waals surface area (Å²) in [4.78, 5) is 23.2. The van der Waals surface area contributed by atoms with Gasteiger partial charge in [-0.05, 0) is 38.2 Å². The number of carbonyl (C=O) groups excluding carboxylic acids is 2. The van der Waals surface area contributed by atoms with Gasteiger partial charge in [0.25, 0.3) is 0 Å². The highest BCUT2D eigenvalue weighted by Crippen LogP contribution is 2.16. The number of rotatable bonds is 7. The van der Waals surface area contributed by atoms with Crippen molar-refractivity contribution in [2.24, 2.45) is 0 Å². The number of unbranched alkanes of at least 4 members (excludes halogenated alkanes) is 1. The Morgan fingerprint density at radius 2 is 2.11 bits per heavy atom. The summed E-state index contributed by atoms with van der Waals surface area (Å²) in [6.45, 7) is 5.56. The van der Waals surface area contributed by atoms with E-state index in [9.17, 15) is 9.59 Å². The lowest BCUT2D eigenvalue weighted by molar-refractivity contribution is -0.115. The van der Waals surface area contributed by atoms with E-state index >= 15 is 0 Å². The number of hydrogen-bond acceptors (Lipinski definition) is 3. The van der Waals surface area contributed by atoms with Crippen LogP contribution in [0.3, 0.4) is 0 Å². The maximum Gasteiger partial charge on any atom is 0.237 e. The Labute approximate surface area is 119 Å². The van der Waals surface area contributed by atoms with Gasteiger partial charge in [-0.15, -0.1) is 11.8 Å². The van der Waals surface area contributed by atoms with Crippen molar-refractivity contribution in [1.82, 2.24) is 0 Å². The van der Waals surface area contributed by atoms with Crippen LogP contribution >= 0.6 is 11.8 Å². The van der Waals surface area contributed by atoms with Crippen LogP contribution in [0.4, 0.5) is 5.69 Å². The first-order valence-electron chi connectivity index (χ1n) is 6.58. The number of anilines is 1. The molecule has 1 unspecified atom stereocenters. The molecule has 3 nitrogen and oxygen atoms in total. The molecule has 1 aromatic rings. The fourth-order valence-corrected chi connectivity index (χ4v) is 2.56. The molecule has 0 bridgehead atoms. The molecule has 0 aliphatic carbocycles. The minimum Gasteiger partial charge on any atom is -0.325 e. The largest absolute Gasteiger partial charge is 0.325 e. The van der Waals surface area contributed by atoms with Crippen LogP contribution < -0.4 is 5.32 Å². The Morgan fingerprint density at radius 1 is 1.37 bits per heavy atom. The molecule has 0 aliphatic heterocycles. The summed E-state index contributed by atoms with van der Waals surface area (Å²) in [6.07, 6.45) is 2.27. The first-order valence-corrected chi connectivity index (χ1v) is 7.63. The smallest absolute Gasteiger partial charge is 0.237 e. The summed E-state index contributed by atoms with van der Waals surface area (Å²) in [5.41, 5.74) is 1.30. The number of carbonyl (C=O) groups is 2. The third-order valence-electron chi connectivity index (χ3n) is 2.77. The first kappa shape index (κ1) is 15.8. The lowest BCUT2D eigenvalue weighted by Gasteiger charge is -2.12. The third-order valence-corrected chi connectivity index (χ3v) is 4.01. The second kappa shape index (κ2) is 8.00. The molecule has 104 valence electrons. The van der Waals surface area contributed by atoms with Gasteiger partial charge in [-0.1, -0.05) is 25.5 Å². The van der Waals surface area contributed by atoms with Crippen molar-refractivity contribution in [3.63, 3.8) is 0 Å². The maximum absolute atomic E-state index is 12.0. The zero-order valence-electron chi connectivity index (χ0n) is 11.7. The summed E-state index contributed by atoms with van der Waals surface area (Å²) < 4.78 is 0. The molecule has 0 heterocycles. The van der Waals surface area contributed by atoms with E-state index < -0.39 is 0 Å². The Kier molecular flexibility index (Phi) is 6.64. The number of ketones is 1. The highest BCUT2D eigenvalue weighted by Gasteiger charge is 2.13. The van der Waals surface area contributed by atoms with E-state index in [1.165, 1.54) is 6.92 Å². The highest BCUT2D eigenvalue weighted by atomic mass is 32.2. The van der Waals surface area contributed by atoms with Crippen LogP contribution in [0.5, 0.6) is 0 Å². The number of amides is 1. The molecule has 19 heavy (non-hydrogen) atoms. The molecule has 0 radical (unpaired) electrons. The molecular formula is C15H21NO2S. The number of hydrogen-bond donors (Lipinski definition) is 1. The molecule has 0 saturated carbocycles. The Hall–Kier alpha value is -1.29. The molecule has 0 aliphatic rings. The van der Waals surface area contributed by atoms with E-state index in [1.807, 2.05) is 6.92 Å². The van der Waals surface area contributed by atoms with Crippen LogP contribution in [-0.2, 0) is 4.79 Å². The van der Waals surface area contributed by atoms with Gasteiger partial charge >= 0.3 is 0 Å². The van der Waals surface area contributed by atoms with E-state index in [4.69, 9.17) is 0 Å². The van der Waals surface area contributed by atoms with Crippen LogP contribution in [0.15, 0.2) is 24.3 Å². The van der Waals surface area contributed by atoms with Gasteiger partial charge in [0.15, 0.2) is 5.78 Å². The van der Waals surface area contributed by atoms with Gasteiger partial charge in [-0.3, -0.25) is 9.59 Å². The maximum atomic E-state index is 12.0. The minimum absolute atomic E-state index is 0.00136. The van der Waals surface area contributed by atoms with Crippen LogP contribution in [0.2, 0.25) is 0 Å². The average molecular weight is 279 g/mol. The van der Waals surface area contributed by atoms with Crippen molar-refractivity contribution in [2.45, 2.75) is 38.9 Å². The first-order chi connectivity index (χ1) is 9.04. The van der Waals surface area contributed by atoms with Crippen molar-refractivity contribution in [3.05, 3.63) is 29.8 Å². The number of nitrogens with one attached hydrogen (secondary N) is 1. The van der Waals surface area contributed by atoms with Crippen molar-refractivity contribution in [1.29, 1.82) is 0 Å². The second-order valence-corrected chi connectivity index (χ2v) is 5.94. The van der Waals surface area contributed by atoms with Gasteiger partial charge in [0.05, 0.1) is 5.25 Å². The lowest BCUT2D eigenvalue weighted by Crippen LogP contribution is -2.22. The SMILES string of the molecule is CCCCSC(C)C(=O)Nc1cccc(C(C)=O)c1. The van der Waals surface area contributed by atoms with Gasteiger partial charge in [-0.2, -0.15) is 0 Å². The molecule has 0 aromatic heterocycles. The average Bonchev–Trinajstić information content (AvgIpc) is 2.39. The predicted octanol–water partition coefficient (Wildman–Crippen LogP) is 3.75. The summed E-state index contributed by atoms with van der Waals surface area (Å²) in [6, 6.07) is 7.04. The molecule has 1 aromatic carbocycles. The van der Waals surface area contributed by atoms with E-state index in [-0.39, 0.29) is 16.9 Å². The molecule has 1 atom stereocenters. The second-order valence-electron chi connectivity index (χ2n) is 4.49. The molecule has 0 fully saturated rings. The van der Waals surface area contributed by atoms with Crippen molar-refractivity contribution in [2.75, 3.05) is 11.1 Å². The van der Waals surface area contributed by atoms with Crippen LogP contribution in [0.1, 0.15) is 44.0 Å². The topological polar surface area (TPSA) is 46.2 Å². The van der Waals surface area contributed by atoms with Crippen molar-refractivity contribution >= 4 is 29.1 Å². The molecule has 1 N–H and O–H groups in total. The van der Waals surface area contributed by atoms with Crippen LogP contribution in [-0.4, -0.2) is 22.7 Å². The molecule has 4 heteroatoms. The molecule has 0 saturated heterocycles. The Balaban J connectivity index is 2.56. The number of benzene rings is 1. The zero-order valence-corrected chi connectivity index (χ0v) is 12.5. The fraction of sp³-hybridized carbons (Fsp3) is 0.467. The number of thioether (sulfide) groups is 1. The molecule has 0 spiro atoms. The molecule has 1 amide bonds. The van der Waals surface area contributed by atoms with Gasteiger partial charge in [0.2, 0.25) is 5.91 Å². The summed E-state index contributed by atoms with van der Waals surface area (Å²) in [5.74, 6) is 0.988. The third kappa shape index (κ3) is 5.47. The van der Waals surface area contributed by atoms with Gasteiger partial charge in [0, 0.05) is 11.3 Å². The van der Waals surface area contributed by atoms with Gasteiger partial charge in [-0.25, -0.2) is 0 Å². The normalized spacial score (nSPS) is 11.9. The van der Waals surface area contributed by atoms with Crippen molar-refractivity contribution < 1.29 is 9.59 Å². The van der Waals surface area contributed by atoms with Crippen molar-refractivity contribution in [3.8, 4) is 0 Å². The molecular weight excluding hydrogens is 258 g/mol. The monoisotopic (exact) mass is 279 g/mol. The van der Waals surface area contributed by atoms with E-state index in [0.717, 1.165) is 18.6 Å². The standard InChI is InChI=1S/C15H21NO2S/c1-4-5-9-19-12(3)15(18)16-14-8-6-7-13(10-14)11(2)17/h6-8,10,12H,4-5,9H2,1-3H3,(H,16,18). The fourth-order valence-electron chi connectivity index (χ4n) is 1.54.